The summed E-state index contributed by atoms with van der Waals surface area (Å²) >= 11 is 0. The third-order valence-corrected chi connectivity index (χ3v) is 3.92. The fourth-order valence-corrected chi connectivity index (χ4v) is 2.47. The molecule has 2 aromatic heterocycles. The van der Waals surface area contributed by atoms with E-state index in [-0.39, 0.29) is 28.9 Å². The molecule has 2 heterocycles. The van der Waals surface area contributed by atoms with Gasteiger partial charge in [-0.2, -0.15) is 13.2 Å². The van der Waals surface area contributed by atoms with E-state index in [1.165, 1.54) is 29.9 Å². The van der Waals surface area contributed by atoms with Gasteiger partial charge in [0, 0.05) is 30.6 Å². The Morgan fingerprint density at radius 2 is 1.89 bits per heavy atom. The van der Waals surface area contributed by atoms with Gasteiger partial charge in [0.15, 0.2) is 11.5 Å². The van der Waals surface area contributed by atoms with Crippen molar-refractivity contribution in [3.63, 3.8) is 0 Å². The molecule has 0 bridgehead atoms. The average molecular weight is 396 g/mol. The van der Waals surface area contributed by atoms with Crippen LogP contribution in [0.15, 0.2) is 35.7 Å². The molecule has 0 aliphatic rings. The van der Waals surface area contributed by atoms with Crippen molar-refractivity contribution in [1.82, 2.24) is 14.4 Å². The van der Waals surface area contributed by atoms with Gasteiger partial charge in [-0.25, -0.2) is 23.7 Å². The Hall–Kier alpha value is -3.37. The normalized spacial score (nSPS) is 12.6. The van der Waals surface area contributed by atoms with Gasteiger partial charge < -0.3 is 10.1 Å². The van der Waals surface area contributed by atoms with E-state index >= 15 is 0 Å². The number of alkyl halides is 3. The Balaban J connectivity index is 2.05. The summed E-state index contributed by atoms with van der Waals surface area (Å²) in [4.78, 5) is 11.3. The van der Waals surface area contributed by atoms with E-state index in [0.717, 1.165) is 12.1 Å². The van der Waals surface area contributed by atoms with Crippen LogP contribution in [0.25, 0.3) is 5.65 Å². The highest BCUT2D eigenvalue weighted by Gasteiger charge is 2.35. The molecule has 0 saturated carbocycles. The number of aliphatic imine (C=N–C) groups is 1. The predicted molar refractivity (Wildman–Crippen MR) is 91.4 cm³/mol. The molecule has 146 valence electrons. The van der Waals surface area contributed by atoms with Gasteiger partial charge in [-0.1, -0.05) is 0 Å². The quantitative estimate of drug-likeness (QED) is 0.405. The molecule has 0 atom stereocenters. The van der Waals surface area contributed by atoms with Crippen LogP contribution in [-0.2, 0) is 6.42 Å². The van der Waals surface area contributed by atoms with Crippen LogP contribution in [0.1, 0.15) is 22.5 Å². The first kappa shape index (κ1) is 19.4. The molecule has 0 fully saturated rings. The Morgan fingerprint density at radius 3 is 2.50 bits per heavy atom. The van der Waals surface area contributed by atoms with Gasteiger partial charge in [0.25, 0.3) is 0 Å². The van der Waals surface area contributed by atoms with Crippen LogP contribution < -0.4 is 5.73 Å². The number of nitrogens with one attached hydrogen (secondary N) is 1. The fourth-order valence-electron chi connectivity index (χ4n) is 2.47. The van der Waals surface area contributed by atoms with E-state index in [0.29, 0.717) is 5.65 Å². The molecule has 0 amide bonds. The molecule has 3 rings (SSSR count). The summed E-state index contributed by atoms with van der Waals surface area (Å²) in [5.41, 5.74) is 6.13. The summed E-state index contributed by atoms with van der Waals surface area (Å²) in [6.45, 7) is 1.30. The van der Waals surface area contributed by atoms with Gasteiger partial charge >= 0.3 is 6.18 Å². The Labute approximate surface area is 155 Å². The van der Waals surface area contributed by atoms with Gasteiger partial charge in [0.1, 0.15) is 17.3 Å². The number of amidine groups is 2. The lowest BCUT2D eigenvalue weighted by Crippen LogP contribution is -2.25. The number of imidazole rings is 1. The van der Waals surface area contributed by atoms with Crippen LogP contribution in [0, 0.1) is 24.0 Å². The summed E-state index contributed by atoms with van der Waals surface area (Å²) in [5.74, 6) is -3.96. The van der Waals surface area contributed by atoms with Crippen LogP contribution in [0.2, 0.25) is 0 Å². The minimum atomic E-state index is -4.95. The molecule has 0 spiro atoms. The number of benzene rings is 1. The Kier molecular flexibility index (Phi) is 4.84. The van der Waals surface area contributed by atoms with E-state index in [1.54, 1.807) is 0 Å². The van der Waals surface area contributed by atoms with Crippen molar-refractivity contribution in [3.8, 4) is 0 Å². The molecule has 28 heavy (non-hydrogen) atoms. The molecule has 3 N–H and O–H groups in total. The lowest BCUT2D eigenvalue weighted by Gasteiger charge is -2.09. The topological polar surface area (TPSA) is 92.4 Å². The number of halogens is 5. The Bertz CT molecular complexity index is 1080. The zero-order chi connectivity index (χ0) is 20.6. The maximum atomic E-state index is 13.8. The number of hydrogen-bond donors (Lipinski definition) is 2. The summed E-state index contributed by atoms with van der Waals surface area (Å²) in [6, 6.07) is 2.28. The highest BCUT2D eigenvalue weighted by molar-refractivity contribution is 6.04. The minimum absolute atomic E-state index is 0.0491. The molecule has 0 aliphatic carbocycles. The van der Waals surface area contributed by atoms with Crippen molar-refractivity contribution >= 4 is 17.3 Å². The van der Waals surface area contributed by atoms with Crippen molar-refractivity contribution < 1.29 is 22.0 Å². The lowest BCUT2D eigenvalue weighted by molar-refractivity contribution is -0.0604. The molecule has 11 heteroatoms. The molecular formula is C17H13F5N6. The van der Waals surface area contributed by atoms with E-state index in [1.807, 2.05) is 0 Å². The third kappa shape index (κ3) is 3.82. The maximum Gasteiger partial charge on any atom is 0.451 e. The van der Waals surface area contributed by atoms with Crippen molar-refractivity contribution in [2.24, 2.45) is 10.7 Å². The molecule has 0 saturated heterocycles. The van der Waals surface area contributed by atoms with Crippen molar-refractivity contribution in [2.45, 2.75) is 19.5 Å². The summed E-state index contributed by atoms with van der Waals surface area (Å²) in [7, 11) is 0. The SMILES string of the molecule is Cc1c(F)cc(Cc2nc(/C(N)=N/C(=N)C(F)(F)F)cn3ccnc23)cc1F. The Morgan fingerprint density at radius 1 is 1.25 bits per heavy atom. The minimum Gasteiger partial charge on any atom is -0.382 e. The van der Waals surface area contributed by atoms with Crippen molar-refractivity contribution in [3.05, 3.63) is 64.9 Å². The smallest absolute Gasteiger partial charge is 0.382 e. The highest BCUT2D eigenvalue weighted by Crippen LogP contribution is 2.20. The summed E-state index contributed by atoms with van der Waals surface area (Å²) < 4.78 is 66.6. The second kappa shape index (κ2) is 6.98. The summed E-state index contributed by atoms with van der Waals surface area (Å²) in [6.07, 6.45) is -0.783. The first-order valence-electron chi connectivity index (χ1n) is 7.83. The highest BCUT2D eigenvalue weighted by atomic mass is 19.4. The van der Waals surface area contributed by atoms with Crippen molar-refractivity contribution in [1.29, 1.82) is 5.41 Å². The molecule has 0 radical (unpaired) electrons. The largest absolute Gasteiger partial charge is 0.451 e. The average Bonchev–Trinajstić information content (AvgIpc) is 3.07. The van der Waals surface area contributed by atoms with Crippen LogP contribution in [-0.4, -0.2) is 32.2 Å². The molecule has 6 nitrogen and oxygen atoms in total. The number of rotatable bonds is 3. The van der Waals surface area contributed by atoms with Gasteiger partial charge in [0.05, 0.1) is 5.69 Å². The molecule has 0 aliphatic heterocycles. The van der Waals surface area contributed by atoms with Gasteiger partial charge in [-0.05, 0) is 24.6 Å². The molecule has 1 aromatic carbocycles. The number of nitrogens with two attached hydrogens (primary N) is 1. The van der Waals surface area contributed by atoms with Crippen LogP contribution in [0.5, 0.6) is 0 Å². The van der Waals surface area contributed by atoms with E-state index in [4.69, 9.17) is 11.1 Å². The first-order valence-corrected chi connectivity index (χ1v) is 7.83. The van der Waals surface area contributed by atoms with E-state index in [9.17, 15) is 22.0 Å². The second-order valence-electron chi connectivity index (χ2n) is 5.94. The lowest BCUT2D eigenvalue weighted by atomic mass is 10.1. The maximum absolute atomic E-state index is 13.8. The molecule has 0 unspecified atom stereocenters. The number of aromatic nitrogens is 3. The zero-order valence-corrected chi connectivity index (χ0v) is 14.3. The number of nitrogens with zero attached hydrogens (tertiary/aromatic N) is 4. The second-order valence-corrected chi connectivity index (χ2v) is 5.94. The number of hydrogen-bond acceptors (Lipinski definition) is 3. The van der Waals surface area contributed by atoms with Gasteiger partial charge in [-0.15, -0.1) is 0 Å². The standard InChI is InChI=1S/C17H13F5N6/c1-8-10(18)4-9(5-11(8)19)6-12-15-25-2-3-28(15)7-13(26-12)14(23)27-16(24)17(20,21)22/h2-5,7H,6H2,1H3,(H3,23,24,27). The van der Waals surface area contributed by atoms with Gasteiger partial charge in [0.2, 0.25) is 5.84 Å². The van der Waals surface area contributed by atoms with Crippen LogP contribution in [0.3, 0.4) is 0 Å². The predicted octanol–water partition coefficient (Wildman–Crippen LogP) is 3.15. The molecule has 3 aromatic rings. The zero-order valence-electron chi connectivity index (χ0n) is 14.3. The monoisotopic (exact) mass is 396 g/mol. The third-order valence-electron chi connectivity index (χ3n) is 3.92. The van der Waals surface area contributed by atoms with E-state index in [2.05, 4.69) is 15.0 Å². The summed E-state index contributed by atoms with van der Waals surface area (Å²) in [5, 5.41) is 6.93. The first-order chi connectivity index (χ1) is 13.1. The fraction of sp³-hybridized carbons (Fsp3) is 0.176. The number of fused-ring (bicyclic) bond motifs is 1. The van der Waals surface area contributed by atoms with Crippen LogP contribution in [0.4, 0.5) is 22.0 Å². The van der Waals surface area contributed by atoms with E-state index < -0.39 is 29.5 Å². The van der Waals surface area contributed by atoms with Crippen LogP contribution >= 0.6 is 0 Å². The van der Waals surface area contributed by atoms with Gasteiger partial charge in [-0.3, -0.25) is 5.41 Å². The molecular weight excluding hydrogens is 383 g/mol. The van der Waals surface area contributed by atoms with Crippen molar-refractivity contribution in [2.75, 3.05) is 0 Å².